The maximum atomic E-state index is 12.2. The zero-order valence-corrected chi connectivity index (χ0v) is 15.5. The number of pyridine rings is 1. The van der Waals surface area contributed by atoms with Gasteiger partial charge in [0, 0.05) is 36.3 Å². The molecule has 6 heteroatoms. The van der Waals surface area contributed by atoms with Crippen molar-refractivity contribution in [3.05, 3.63) is 22.3 Å². The highest BCUT2D eigenvalue weighted by atomic mass is 79.9. The van der Waals surface area contributed by atoms with E-state index in [0.717, 1.165) is 22.4 Å². The molecular formula is C16H24BrN3O2. The van der Waals surface area contributed by atoms with Crippen molar-refractivity contribution in [1.82, 2.24) is 9.88 Å². The molecule has 1 aromatic heterocycles. The fourth-order valence-electron chi connectivity index (χ4n) is 2.47. The van der Waals surface area contributed by atoms with Gasteiger partial charge in [0.05, 0.1) is 0 Å². The van der Waals surface area contributed by atoms with Crippen LogP contribution < -0.4 is 4.90 Å². The first-order valence-electron chi connectivity index (χ1n) is 7.54. The second-order valence-electron chi connectivity index (χ2n) is 6.76. The van der Waals surface area contributed by atoms with E-state index in [2.05, 4.69) is 45.7 Å². The molecule has 0 aromatic carbocycles. The van der Waals surface area contributed by atoms with E-state index >= 15 is 0 Å². The lowest BCUT2D eigenvalue weighted by Crippen LogP contribution is -2.54. The molecule has 0 aliphatic carbocycles. The summed E-state index contributed by atoms with van der Waals surface area (Å²) in [4.78, 5) is 20.7. The monoisotopic (exact) mass is 369 g/mol. The fraction of sp³-hybridized carbons (Fsp3) is 0.625. The number of amides is 1. The zero-order valence-electron chi connectivity index (χ0n) is 13.9. The molecule has 2 heterocycles. The Morgan fingerprint density at radius 3 is 2.64 bits per heavy atom. The van der Waals surface area contributed by atoms with Crippen LogP contribution in [0.5, 0.6) is 0 Å². The summed E-state index contributed by atoms with van der Waals surface area (Å²) in [6.45, 7) is 11.9. The second kappa shape index (κ2) is 6.44. The molecule has 22 heavy (non-hydrogen) atoms. The number of carbonyl (C=O) groups is 1. The Bertz CT molecular complexity index is 557. The van der Waals surface area contributed by atoms with Crippen LogP contribution in [0.15, 0.2) is 16.7 Å². The molecule has 1 saturated heterocycles. The standard InChI is InChI=1S/C16H24BrN3O2/c1-11-8-14(18-9-13(11)17)20-7-6-19(10-12(20)2)15(21)22-16(3,4)5/h8-9,12H,6-7,10H2,1-5H3/t12-/m0/s1. The third-order valence-corrected chi connectivity index (χ3v) is 4.44. The Labute approximate surface area is 140 Å². The Balaban J connectivity index is 2.03. The summed E-state index contributed by atoms with van der Waals surface area (Å²) < 4.78 is 6.46. The number of rotatable bonds is 1. The van der Waals surface area contributed by atoms with Crippen molar-refractivity contribution in [1.29, 1.82) is 0 Å². The van der Waals surface area contributed by atoms with Crippen LogP contribution >= 0.6 is 15.9 Å². The number of piperazine rings is 1. The van der Waals surface area contributed by atoms with Crippen LogP contribution in [0, 0.1) is 6.92 Å². The lowest BCUT2D eigenvalue weighted by atomic mass is 10.1. The summed E-state index contributed by atoms with van der Waals surface area (Å²) in [5, 5.41) is 0. The molecule has 2 rings (SSSR count). The topological polar surface area (TPSA) is 45.7 Å². The molecule has 1 aliphatic heterocycles. The van der Waals surface area contributed by atoms with Crippen molar-refractivity contribution >= 4 is 27.8 Å². The maximum absolute atomic E-state index is 12.2. The van der Waals surface area contributed by atoms with Crippen molar-refractivity contribution in [3.8, 4) is 0 Å². The highest BCUT2D eigenvalue weighted by Gasteiger charge is 2.30. The van der Waals surface area contributed by atoms with Gasteiger partial charge in [-0.2, -0.15) is 0 Å². The smallest absolute Gasteiger partial charge is 0.410 e. The van der Waals surface area contributed by atoms with Crippen LogP contribution in [0.1, 0.15) is 33.3 Å². The molecule has 0 spiro atoms. The lowest BCUT2D eigenvalue weighted by molar-refractivity contribution is 0.0218. The number of nitrogens with zero attached hydrogens (tertiary/aromatic N) is 3. The van der Waals surface area contributed by atoms with Gasteiger partial charge in [-0.15, -0.1) is 0 Å². The van der Waals surface area contributed by atoms with E-state index < -0.39 is 5.60 Å². The summed E-state index contributed by atoms with van der Waals surface area (Å²) in [7, 11) is 0. The van der Waals surface area contributed by atoms with E-state index in [1.807, 2.05) is 27.0 Å². The zero-order chi connectivity index (χ0) is 16.5. The van der Waals surface area contributed by atoms with Gasteiger partial charge in [0.25, 0.3) is 0 Å². The van der Waals surface area contributed by atoms with E-state index in [-0.39, 0.29) is 12.1 Å². The summed E-state index contributed by atoms with van der Waals surface area (Å²) >= 11 is 3.47. The summed E-state index contributed by atoms with van der Waals surface area (Å²) in [5.41, 5.74) is 0.703. The van der Waals surface area contributed by atoms with Crippen LogP contribution in [0.3, 0.4) is 0 Å². The number of ether oxygens (including phenoxy) is 1. The van der Waals surface area contributed by atoms with Gasteiger partial charge < -0.3 is 14.5 Å². The van der Waals surface area contributed by atoms with Crippen LogP contribution in [0.4, 0.5) is 10.6 Å². The van der Waals surface area contributed by atoms with Gasteiger partial charge in [-0.1, -0.05) is 0 Å². The van der Waals surface area contributed by atoms with Crippen molar-refractivity contribution in [2.24, 2.45) is 0 Å². The maximum Gasteiger partial charge on any atom is 0.410 e. The molecule has 122 valence electrons. The number of hydrogen-bond acceptors (Lipinski definition) is 4. The van der Waals surface area contributed by atoms with E-state index in [1.54, 1.807) is 4.90 Å². The Kier molecular flexibility index (Phi) is 5.00. The van der Waals surface area contributed by atoms with Crippen LogP contribution in [-0.4, -0.2) is 47.3 Å². The van der Waals surface area contributed by atoms with Gasteiger partial charge in [-0.3, -0.25) is 0 Å². The van der Waals surface area contributed by atoms with Crippen LogP contribution in [-0.2, 0) is 4.74 Å². The van der Waals surface area contributed by atoms with E-state index in [4.69, 9.17) is 4.74 Å². The van der Waals surface area contributed by atoms with Crippen molar-refractivity contribution in [3.63, 3.8) is 0 Å². The van der Waals surface area contributed by atoms with Crippen LogP contribution in [0.2, 0.25) is 0 Å². The van der Waals surface area contributed by atoms with E-state index in [0.29, 0.717) is 13.1 Å². The Morgan fingerprint density at radius 1 is 1.41 bits per heavy atom. The molecule has 1 aromatic rings. The number of halogens is 1. The van der Waals surface area contributed by atoms with Gasteiger partial charge in [0.1, 0.15) is 11.4 Å². The molecule has 1 fully saturated rings. The Morgan fingerprint density at radius 2 is 2.09 bits per heavy atom. The molecule has 0 unspecified atom stereocenters. The van der Waals surface area contributed by atoms with Gasteiger partial charge in [0.2, 0.25) is 0 Å². The van der Waals surface area contributed by atoms with Gasteiger partial charge >= 0.3 is 6.09 Å². The third-order valence-electron chi connectivity index (χ3n) is 3.61. The minimum absolute atomic E-state index is 0.203. The summed E-state index contributed by atoms with van der Waals surface area (Å²) in [6.07, 6.45) is 1.59. The molecule has 1 atom stereocenters. The number of hydrogen-bond donors (Lipinski definition) is 0. The predicted molar refractivity (Wildman–Crippen MR) is 91.3 cm³/mol. The minimum atomic E-state index is -0.457. The summed E-state index contributed by atoms with van der Waals surface area (Å²) in [6, 6.07) is 2.28. The second-order valence-corrected chi connectivity index (χ2v) is 7.61. The number of anilines is 1. The normalized spacial score (nSPS) is 19.3. The SMILES string of the molecule is Cc1cc(N2CCN(C(=O)OC(C)(C)C)C[C@@H]2C)ncc1Br. The predicted octanol–water partition coefficient (Wildman–Crippen LogP) is 3.60. The van der Waals surface area contributed by atoms with E-state index in [1.165, 1.54) is 0 Å². The van der Waals surface area contributed by atoms with Gasteiger partial charge in [-0.25, -0.2) is 9.78 Å². The van der Waals surface area contributed by atoms with Crippen molar-refractivity contribution in [2.75, 3.05) is 24.5 Å². The molecule has 1 aliphatic rings. The van der Waals surface area contributed by atoms with Gasteiger partial charge in [-0.05, 0) is 62.2 Å². The minimum Gasteiger partial charge on any atom is -0.444 e. The highest BCUT2D eigenvalue weighted by Crippen LogP contribution is 2.24. The summed E-state index contributed by atoms with van der Waals surface area (Å²) in [5.74, 6) is 0.956. The molecule has 5 nitrogen and oxygen atoms in total. The molecular weight excluding hydrogens is 346 g/mol. The largest absolute Gasteiger partial charge is 0.444 e. The molecule has 0 bridgehead atoms. The first-order valence-corrected chi connectivity index (χ1v) is 8.33. The molecule has 0 saturated carbocycles. The number of carbonyl (C=O) groups excluding carboxylic acids is 1. The quantitative estimate of drug-likeness (QED) is 0.758. The highest BCUT2D eigenvalue weighted by molar-refractivity contribution is 9.10. The van der Waals surface area contributed by atoms with Gasteiger partial charge in [0.15, 0.2) is 0 Å². The number of aryl methyl sites for hydroxylation is 1. The average Bonchev–Trinajstić information content (AvgIpc) is 2.40. The third kappa shape index (κ3) is 4.12. The lowest BCUT2D eigenvalue weighted by Gasteiger charge is -2.40. The molecule has 0 N–H and O–H groups in total. The van der Waals surface area contributed by atoms with Crippen molar-refractivity contribution < 1.29 is 9.53 Å². The van der Waals surface area contributed by atoms with E-state index in [9.17, 15) is 4.79 Å². The average molecular weight is 370 g/mol. The number of aromatic nitrogens is 1. The Hall–Kier alpha value is -1.30. The first kappa shape index (κ1) is 17.1. The fourth-order valence-corrected chi connectivity index (χ4v) is 2.69. The van der Waals surface area contributed by atoms with Crippen LogP contribution in [0.25, 0.3) is 0 Å². The first-order chi connectivity index (χ1) is 10.2. The molecule has 1 amide bonds. The van der Waals surface area contributed by atoms with Crippen molar-refractivity contribution in [2.45, 2.75) is 46.3 Å². The molecule has 0 radical (unpaired) electrons.